The van der Waals surface area contributed by atoms with Gasteiger partial charge in [-0.05, 0) is 41.5 Å². The van der Waals surface area contributed by atoms with Gasteiger partial charge < -0.3 is 14.7 Å². The number of benzene rings is 2. The maximum atomic E-state index is 14.1. The zero-order valence-corrected chi connectivity index (χ0v) is 17.7. The number of aliphatic hydroxyl groups is 1. The highest BCUT2D eigenvalue weighted by molar-refractivity contribution is 7.13. The molecule has 1 unspecified atom stereocenters. The maximum Gasteiger partial charge on any atom is 0.332 e. The summed E-state index contributed by atoms with van der Waals surface area (Å²) in [6, 6.07) is 10.1. The van der Waals surface area contributed by atoms with E-state index in [0.717, 1.165) is 28.4 Å². The Morgan fingerprint density at radius 2 is 2.03 bits per heavy atom. The van der Waals surface area contributed by atoms with Crippen molar-refractivity contribution in [2.75, 3.05) is 7.11 Å². The molecule has 7 nitrogen and oxygen atoms in total. The molecule has 1 amide bonds. The summed E-state index contributed by atoms with van der Waals surface area (Å²) in [5, 5.41) is 24.8. The third-order valence-electron chi connectivity index (χ3n) is 5.20. The van der Waals surface area contributed by atoms with Crippen LogP contribution in [0.25, 0.3) is 0 Å². The van der Waals surface area contributed by atoms with Crippen molar-refractivity contribution in [1.82, 2.24) is 4.90 Å². The van der Waals surface area contributed by atoms with Crippen molar-refractivity contribution in [3.05, 3.63) is 91.1 Å². The summed E-state index contributed by atoms with van der Waals surface area (Å²) in [5.41, 5.74) is -1.58. The van der Waals surface area contributed by atoms with Crippen LogP contribution in [0.15, 0.2) is 47.8 Å². The summed E-state index contributed by atoms with van der Waals surface area (Å²) < 4.78 is 19.3. The first kappa shape index (κ1) is 21.2. The summed E-state index contributed by atoms with van der Waals surface area (Å²) in [5.74, 6) is -0.568. The Labute approximate surface area is 185 Å². The second kappa shape index (κ2) is 7.92. The molecule has 160 valence electrons. The lowest BCUT2D eigenvalue weighted by molar-refractivity contribution is -0.382. The van der Waals surface area contributed by atoms with Crippen LogP contribution in [0.1, 0.15) is 22.3 Å². The lowest BCUT2D eigenvalue weighted by Crippen LogP contribution is -2.54. The van der Waals surface area contributed by atoms with Crippen molar-refractivity contribution in [2.45, 2.75) is 18.7 Å². The third kappa shape index (κ3) is 3.54. The molecule has 0 fully saturated rings. The zero-order chi connectivity index (χ0) is 22.3. The number of hydrogen-bond acceptors (Lipinski definition) is 6. The Hall–Kier alpha value is -3.01. The van der Waals surface area contributed by atoms with E-state index in [4.69, 9.17) is 16.3 Å². The molecule has 0 radical (unpaired) electrons. The van der Waals surface area contributed by atoms with E-state index < -0.39 is 22.4 Å². The first-order chi connectivity index (χ1) is 14.8. The molecule has 3 aromatic rings. The average molecular weight is 463 g/mol. The molecule has 1 aromatic heterocycles. The van der Waals surface area contributed by atoms with Gasteiger partial charge >= 0.3 is 5.00 Å². The number of amides is 1. The standard InChI is InChI=1S/C21H16ClFN2O5S/c1-30-15-5-2-12(3-6-15)10-24-18(26)8-13-11-31-20(25(28)29)19(13)21(24,27)16-9-14(23)4-7-17(16)22/h2-7,9,11,27H,8,10H2,1H3. The fourth-order valence-corrected chi connectivity index (χ4v) is 4.94. The number of nitro groups is 1. The van der Waals surface area contributed by atoms with Gasteiger partial charge in [0.2, 0.25) is 11.6 Å². The second-order valence-electron chi connectivity index (χ2n) is 7.00. The van der Waals surface area contributed by atoms with Gasteiger partial charge in [0.25, 0.3) is 0 Å². The highest BCUT2D eigenvalue weighted by Crippen LogP contribution is 2.49. The molecular weight excluding hydrogens is 447 g/mol. The van der Waals surface area contributed by atoms with Crippen molar-refractivity contribution >= 4 is 33.8 Å². The van der Waals surface area contributed by atoms with Gasteiger partial charge in [0, 0.05) is 22.5 Å². The minimum absolute atomic E-state index is 0.0234. The Kier molecular flexibility index (Phi) is 5.42. The number of methoxy groups -OCH3 is 1. The van der Waals surface area contributed by atoms with Gasteiger partial charge in [-0.25, -0.2) is 4.39 Å². The number of ether oxygens (including phenoxy) is 1. The number of rotatable bonds is 5. The SMILES string of the molecule is COc1ccc(CN2C(=O)Cc3csc([N+](=O)[O-])c3C2(O)c2cc(F)ccc2Cl)cc1. The van der Waals surface area contributed by atoms with Crippen molar-refractivity contribution < 1.29 is 24.0 Å². The number of nitrogens with zero attached hydrogens (tertiary/aromatic N) is 2. The topological polar surface area (TPSA) is 92.9 Å². The zero-order valence-electron chi connectivity index (χ0n) is 16.2. The summed E-state index contributed by atoms with van der Waals surface area (Å²) in [6.07, 6.45) is -0.134. The lowest BCUT2D eigenvalue weighted by Gasteiger charge is -2.43. The Balaban J connectivity index is 1.93. The molecule has 1 aliphatic heterocycles. The lowest BCUT2D eigenvalue weighted by atomic mass is 9.85. The smallest absolute Gasteiger partial charge is 0.332 e. The van der Waals surface area contributed by atoms with Crippen LogP contribution in [0.2, 0.25) is 5.02 Å². The van der Waals surface area contributed by atoms with Crippen LogP contribution in [0.4, 0.5) is 9.39 Å². The number of fused-ring (bicyclic) bond motifs is 1. The molecule has 10 heteroatoms. The highest BCUT2D eigenvalue weighted by atomic mass is 35.5. The third-order valence-corrected chi connectivity index (χ3v) is 6.51. The van der Waals surface area contributed by atoms with Crippen LogP contribution < -0.4 is 4.74 Å². The number of hydrogen-bond donors (Lipinski definition) is 1. The van der Waals surface area contributed by atoms with Crippen molar-refractivity contribution in [1.29, 1.82) is 0 Å². The van der Waals surface area contributed by atoms with E-state index in [1.807, 2.05) is 0 Å². The number of carbonyl (C=O) groups is 1. The molecule has 1 atom stereocenters. The molecule has 0 aliphatic carbocycles. The van der Waals surface area contributed by atoms with E-state index in [2.05, 4.69) is 0 Å². The number of thiophene rings is 1. The minimum Gasteiger partial charge on any atom is -0.497 e. The van der Waals surface area contributed by atoms with Gasteiger partial charge in [-0.15, -0.1) is 0 Å². The summed E-state index contributed by atoms with van der Waals surface area (Å²) >= 11 is 7.10. The minimum atomic E-state index is -2.33. The fourth-order valence-electron chi connectivity index (χ4n) is 3.75. The van der Waals surface area contributed by atoms with E-state index in [1.165, 1.54) is 18.6 Å². The van der Waals surface area contributed by atoms with Gasteiger partial charge in [0.1, 0.15) is 17.1 Å². The van der Waals surface area contributed by atoms with E-state index in [1.54, 1.807) is 24.3 Å². The molecule has 1 N–H and O–H groups in total. The van der Waals surface area contributed by atoms with E-state index in [9.17, 15) is 24.4 Å². The van der Waals surface area contributed by atoms with E-state index in [0.29, 0.717) is 16.9 Å². The van der Waals surface area contributed by atoms with Crippen molar-refractivity contribution in [3.63, 3.8) is 0 Å². The van der Waals surface area contributed by atoms with Gasteiger partial charge in [-0.3, -0.25) is 14.9 Å². The average Bonchev–Trinajstić information content (AvgIpc) is 3.18. The number of halogens is 2. The van der Waals surface area contributed by atoms with Crippen LogP contribution in [0.3, 0.4) is 0 Å². The second-order valence-corrected chi connectivity index (χ2v) is 8.26. The van der Waals surface area contributed by atoms with Crippen molar-refractivity contribution in [2.24, 2.45) is 0 Å². The summed E-state index contributed by atoms with van der Waals surface area (Å²) in [4.78, 5) is 25.3. The van der Waals surface area contributed by atoms with Crippen LogP contribution in [0.5, 0.6) is 5.75 Å². The predicted molar refractivity (Wildman–Crippen MR) is 113 cm³/mol. The van der Waals surface area contributed by atoms with Crippen LogP contribution >= 0.6 is 22.9 Å². The van der Waals surface area contributed by atoms with Gasteiger partial charge in [-0.2, -0.15) is 0 Å². The van der Waals surface area contributed by atoms with Gasteiger partial charge in [0.05, 0.1) is 18.5 Å². The van der Waals surface area contributed by atoms with Crippen LogP contribution in [0, 0.1) is 15.9 Å². The Bertz CT molecular complexity index is 1180. The predicted octanol–water partition coefficient (Wildman–Crippen LogP) is 4.24. The molecular formula is C21H16ClFN2O5S. The Morgan fingerprint density at radius 3 is 2.68 bits per heavy atom. The maximum absolute atomic E-state index is 14.1. The van der Waals surface area contributed by atoms with Crippen LogP contribution in [-0.4, -0.2) is 27.9 Å². The van der Waals surface area contributed by atoms with Gasteiger partial charge in [0.15, 0.2) is 0 Å². The fraction of sp³-hybridized carbons (Fsp3) is 0.190. The van der Waals surface area contributed by atoms with Crippen molar-refractivity contribution in [3.8, 4) is 5.75 Å². The monoisotopic (exact) mass is 462 g/mol. The number of carbonyl (C=O) groups excluding carboxylic acids is 1. The first-order valence-electron chi connectivity index (χ1n) is 9.12. The van der Waals surface area contributed by atoms with E-state index >= 15 is 0 Å². The molecule has 0 saturated carbocycles. The largest absolute Gasteiger partial charge is 0.497 e. The summed E-state index contributed by atoms with van der Waals surface area (Å²) in [7, 11) is 1.52. The summed E-state index contributed by atoms with van der Waals surface area (Å²) in [6.45, 7) is -0.0847. The van der Waals surface area contributed by atoms with Crippen LogP contribution in [-0.2, 0) is 23.5 Å². The molecule has 0 spiro atoms. The molecule has 0 bridgehead atoms. The first-order valence-corrected chi connectivity index (χ1v) is 10.4. The normalized spacial score (nSPS) is 18.1. The molecule has 2 heterocycles. The molecule has 1 aliphatic rings. The van der Waals surface area contributed by atoms with E-state index in [-0.39, 0.29) is 34.1 Å². The molecule has 4 rings (SSSR count). The Morgan fingerprint density at radius 1 is 1.32 bits per heavy atom. The molecule has 2 aromatic carbocycles. The quantitative estimate of drug-likeness (QED) is 0.452. The molecule has 0 saturated heterocycles. The highest BCUT2D eigenvalue weighted by Gasteiger charge is 2.52. The van der Waals surface area contributed by atoms with Gasteiger partial charge in [-0.1, -0.05) is 35.1 Å². The molecule has 31 heavy (non-hydrogen) atoms.